The smallest absolute Gasteiger partial charge is 0.328 e. The molecule has 26 heavy (non-hydrogen) atoms. The molecular formula is C19H27NO4S2. The summed E-state index contributed by atoms with van der Waals surface area (Å²) in [6.45, 7) is 8.33. The summed E-state index contributed by atoms with van der Waals surface area (Å²) in [5.74, 6) is 0.412. The number of amides is 1. The molecule has 0 saturated heterocycles. The summed E-state index contributed by atoms with van der Waals surface area (Å²) in [5.41, 5.74) is 0.543. The van der Waals surface area contributed by atoms with E-state index >= 15 is 0 Å². The number of esters is 1. The van der Waals surface area contributed by atoms with Crippen molar-refractivity contribution in [3.8, 4) is 0 Å². The van der Waals surface area contributed by atoms with Crippen molar-refractivity contribution in [2.24, 2.45) is 0 Å². The van der Waals surface area contributed by atoms with Gasteiger partial charge in [0.05, 0.1) is 0 Å². The third-order valence-corrected chi connectivity index (χ3v) is 5.42. The summed E-state index contributed by atoms with van der Waals surface area (Å²) < 4.78 is 5.27. The Morgan fingerprint density at radius 2 is 1.77 bits per heavy atom. The number of hydrogen-bond acceptors (Lipinski definition) is 6. The molecule has 0 heterocycles. The third-order valence-electron chi connectivity index (χ3n) is 3.10. The van der Waals surface area contributed by atoms with Crippen molar-refractivity contribution in [2.45, 2.75) is 57.3 Å². The van der Waals surface area contributed by atoms with Gasteiger partial charge in [0, 0.05) is 18.4 Å². The second-order valence-electron chi connectivity index (χ2n) is 6.86. The van der Waals surface area contributed by atoms with Gasteiger partial charge in [0.15, 0.2) is 5.12 Å². The van der Waals surface area contributed by atoms with E-state index in [1.807, 2.05) is 30.3 Å². The van der Waals surface area contributed by atoms with Gasteiger partial charge in [0.2, 0.25) is 5.91 Å². The third kappa shape index (κ3) is 9.29. The van der Waals surface area contributed by atoms with Crippen LogP contribution in [-0.4, -0.2) is 39.6 Å². The van der Waals surface area contributed by atoms with Gasteiger partial charge in [-0.15, -0.1) is 0 Å². The lowest BCUT2D eigenvalue weighted by Gasteiger charge is -2.23. The van der Waals surface area contributed by atoms with Gasteiger partial charge < -0.3 is 10.1 Å². The zero-order chi connectivity index (χ0) is 19.7. The molecule has 0 saturated carbocycles. The van der Waals surface area contributed by atoms with Crippen molar-refractivity contribution in [1.29, 1.82) is 0 Å². The second kappa shape index (κ2) is 10.6. The highest BCUT2D eigenvalue weighted by atomic mass is 32.2. The summed E-state index contributed by atoms with van der Waals surface area (Å²) >= 11 is 2.57. The summed E-state index contributed by atoms with van der Waals surface area (Å²) in [6, 6.07) is 9.15. The Morgan fingerprint density at radius 1 is 1.15 bits per heavy atom. The molecule has 0 fully saturated rings. The number of hydrogen-bond donors (Lipinski definition) is 1. The van der Waals surface area contributed by atoms with Crippen molar-refractivity contribution < 1.29 is 19.1 Å². The fourth-order valence-corrected chi connectivity index (χ4v) is 4.03. The molecule has 0 aliphatic carbocycles. The summed E-state index contributed by atoms with van der Waals surface area (Å²) in [5, 5.41) is 1.98. The van der Waals surface area contributed by atoms with E-state index in [2.05, 4.69) is 5.32 Å². The van der Waals surface area contributed by atoms with E-state index < -0.39 is 22.9 Å². The number of carbonyl (C=O) groups excluding carboxylic acids is 3. The van der Waals surface area contributed by atoms with E-state index in [1.165, 1.54) is 6.92 Å². The molecule has 0 unspecified atom stereocenters. The van der Waals surface area contributed by atoms with Crippen LogP contribution in [0.1, 0.15) is 40.2 Å². The van der Waals surface area contributed by atoms with Gasteiger partial charge in [0.1, 0.15) is 16.9 Å². The van der Waals surface area contributed by atoms with Crippen LogP contribution in [0.15, 0.2) is 30.3 Å². The van der Waals surface area contributed by atoms with Gasteiger partial charge in [-0.3, -0.25) is 9.59 Å². The number of nitrogens with one attached hydrogen (secondary N) is 1. The van der Waals surface area contributed by atoms with Crippen LogP contribution in [0.3, 0.4) is 0 Å². The van der Waals surface area contributed by atoms with Gasteiger partial charge in [-0.1, -0.05) is 42.1 Å². The SMILES string of the molecule is CC(=O)S[C@H](CSCc1ccccc1)C(=O)N[C@@H](C)C(=O)OC(C)(C)C. The largest absolute Gasteiger partial charge is 0.458 e. The molecule has 1 rings (SSSR count). The minimum Gasteiger partial charge on any atom is -0.458 e. The fraction of sp³-hybridized carbons (Fsp3) is 0.526. The average Bonchev–Trinajstić information content (AvgIpc) is 2.52. The second-order valence-corrected chi connectivity index (χ2v) is 9.27. The van der Waals surface area contributed by atoms with Gasteiger partial charge >= 0.3 is 5.97 Å². The maximum absolute atomic E-state index is 12.5. The molecule has 1 amide bonds. The Labute approximate surface area is 164 Å². The number of ether oxygens (including phenoxy) is 1. The van der Waals surface area contributed by atoms with Gasteiger partial charge in [-0.25, -0.2) is 4.79 Å². The lowest BCUT2D eigenvalue weighted by atomic mass is 10.2. The van der Waals surface area contributed by atoms with E-state index in [-0.39, 0.29) is 11.0 Å². The Bertz CT molecular complexity index is 614. The first-order valence-electron chi connectivity index (χ1n) is 8.40. The number of carbonyl (C=O) groups is 3. The summed E-state index contributed by atoms with van der Waals surface area (Å²) in [6.07, 6.45) is 0. The normalized spacial score (nSPS) is 13.6. The number of benzene rings is 1. The van der Waals surface area contributed by atoms with Crippen molar-refractivity contribution >= 4 is 40.5 Å². The van der Waals surface area contributed by atoms with Crippen LogP contribution in [0.2, 0.25) is 0 Å². The molecule has 2 atom stereocenters. The molecular weight excluding hydrogens is 370 g/mol. The molecule has 1 aromatic carbocycles. The van der Waals surface area contributed by atoms with Crippen LogP contribution < -0.4 is 5.32 Å². The first-order valence-corrected chi connectivity index (χ1v) is 10.4. The minimum absolute atomic E-state index is 0.129. The zero-order valence-corrected chi connectivity index (χ0v) is 17.5. The predicted molar refractivity (Wildman–Crippen MR) is 108 cm³/mol. The number of rotatable bonds is 8. The number of thioether (sulfide) groups is 2. The highest BCUT2D eigenvalue weighted by Crippen LogP contribution is 2.21. The maximum atomic E-state index is 12.5. The zero-order valence-electron chi connectivity index (χ0n) is 15.9. The van der Waals surface area contributed by atoms with Gasteiger partial charge in [-0.2, -0.15) is 11.8 Å². The molecule has 5 nitrogen and oxygen atoms in total. The van der Waals surface area contributed by atoms with Crippen molar-refractivity contribution in [3.05, 3.63) is 35.9 Å². The molecule has 144 valence electrons. The van der Waals surface area contributed by atoms with E-state index in [0.717, 1.165) is 23.1 Å². The Kier molecular flexibility index (Phi) is 9.22. The molecule has 0 aromatic heterocycles. The molecule has 1 aromatic rings. The topological polar surface area (TPSA) is 72.5 Å². The Balaban J connectivity index is 2.59. The fourth-order valence-electron chi connectivity index (χ4n) is 1.98. The quantitative estimate of drug-likeness (QED) is 0.678. The highest BCUT2D eigenvalue weighted by Gasteiger charge is 2.27. The molecule has 0 bridgehead atoms. The lowest BCUT2D eigenvalue weighted by molar-refractivity contribution is -0.158. The average molecular weight is 398 g/mol. The summed E-state index contributed by atoms with van der Waals surface area (Å²) in [7, 11) is 0. The molecule has 0 radical (unpaired) electrons. The van der Waals surface area contributed by atoms with Crippen LogP contribution in [0.25, 0.3) is 0 Å². The first-order chi connectivity index (χ1) is 12.1. The molecule has 0 aliphatic heterocycles. The van der Waals surface area contributed by atoms with E-state index in [4.69, 9.17) is 4.74 Å². The first kappa shape index (κ1) is 22.6. The van der Waals surface area contributed by atoms with E-state index in [0.29, 0.717) is 5.75 Å². The standard InChI is InChI=1S/C19H27NO4S2/c1-13(18(23)24-19(3,4)5)20-17(22)16(26-14(2)21)12-25-11-15-9-7-6-8-10-15/h6-10,13,16H,11-12H2,1-5H3,(H,20,22)/t13-,16+/m0/s1. The Morgan fingerprint density at radius 3 is 2.31 bits per heavy atom. The van der Waals surface area contributed by atoms with E-state index in [9.17, 15) is 14.4 Å². The predicted octanol–water partition coefficient (Wildman–Crippen LogP) is 3.41. The van der Waals surface area contributed by atoms with Crippen LogP contribution in [-0.2, 0) is 24.9 Å². The molecule has 1 N–H and O–H groups in total. The van der Waals surface area contributed by atoms with Gasteiger partial charge in [-0.05, 0) is 33.3 Å². The maximum Gasteiger partial charge on any atom is 0.328 e. The minimum atomic E-state index is -0.768. The molecule has 7 heteroatoms. The Hall–Kier alpha value is -1.47. The van der Waals surface area contributed by atoms with Crippen molar-refractivity contribution in [1.82, 2.24) is 5.32 Å². The molecule has 0 aliphatic rings. The van der Waals surface area contributed by atoms with Crippen molar-refractivity contribution in [3.63, 3.8) is 0 Å². The lowest BCUT2D eigenvalue weighted by Crippen LogP contribution is -2.46. The monoisotopic (exact) mass is 397 g/mol. The van der Waals surface area contributed by atoms with Crippen LogP contribution in [0.5, 0.6) is 0 Å². The van der Waals surface area contributed by atoms with Crippen molar-refractivity contribution in [2.75, 3.05) is 5.75 Å². The van der Waals surface area contributed by atoms with Crippen LogP contribution in [0, 0.1) is 0 Å². The van der Waals surface area contributed by atoms with E-state index in [1.54, 1.807) is 39.5 Å². The van der Waals surface area contributed by atoms with Crippen LogP contribution in [0.4, 0.5) is 0 Å². The molecule has 0 spiro atoms. The summed E-state index contributed by atoms with van der Waals surface area (Å²) in [4.78, 5) is 36.0. The highest BCUT2D eigenvalue weighted by molar-refractivity contribution is 8.15. The van der Waals surface area contributed by atoms with Crippen LogP contribution >= 0.6 is 23.5 Å². The van der Waals surface area contributed by atoms with Gasteiger partial charge in [0.25, 0.3) is 0 Å².